The minimum atomic E-state index is -0.182. The van der Waals surface area contributed by atoms with Crippen LogP contribution in [0.3, 0.4) is 0 Å². The van der Waals surface area contributed by atoms with Crippen molar-refractivity contribution in [2.45, 2.75) is 0 Å². The Hall–Kier alpha value is -7.63. The van der Waals surface area contributed by atoms with Gasteiger partial charge in [0.1, 0.15) is 11.2 Å². The second-order valence-corrected chi connectivity index (χ2v) is 13.5. The van der Waals surface area contributed by atoms with Crippen molar-refractivity contribution in [3.8, 4) is 62.1 Å². The van der Waals surface area contributed by atoms with E-state index in [4.69, 9.17) is 24.9 Å². The van der Waals surface area contributed by atoms with Crippen molar-refractivity contribution in [3.05, 3.63) is 194 Å². The van der Waals surface area contributed by atoms with Crippen molar-refractivity contribution < 1.29 is 12.6 Å². The van der Waals surface area contributed by atoms with Crippen molar-refractivity contribution in [3.63, 3.8) is 0 Å². The molecule has 0 saturated carbocycles. The lowest BCUT2D eigenvalue weighted by Crippen LogP contribution is -2.02. The molecule has 11 aromatic rings. The molecule has 0 atom stereocenters. The van der Waals surface area contributed by atoms with E-state index < -0.39 is 0 Å². The van der Waals surface area contributed by atoms with Gasteiger partial charge in [-0.1, -0.05) is 158 Å². The van der Waals surface area contributed by atoms with E-state index in [1.165, 1.54) is 12.1 Å². The number of hydrogen-bond acceptors (Lipinski definition) is 4. The Labute approximate surface area is 331 Å². The SMILES string of the molecule is [2H]c1cc([2H])c2c(c1[2H])c1c([2H])c([2H])cc([2H])c1n2-c1ccc(-c2nc(-c3ccccc3)nc(-c3ccc(-c4ccccc4)cc3)n2)cc1-c1cccc2c1oc1ccccc12. The molecule has 0 bridgehead atoms. The van der Waals surface area contributed by atoms with E-state index in [0.29, 0.717) is 51.0 Å². The van der Waals surface area contributed by atoms with Crippen molar-refractivity contribution in [2.24, 2.45) is 0 Å². The fraction of sp³-hybridized carbons (Fsp3) is 0. The van der Waals surface area contributed by atoms with Gasteiger partial charge in [0.25, 0.3) is 0 Å². The van der Waals surface area contributed by atoms with E-state index in [1.807, 2.05) is 121 Å². The van der Waals surface area contributed by atoms with Crippen LogP contribution < -0.4 is 0 Å². The second kappa shape index (κ2) is 13.0. The highest BCUT2D eigenvalue weighted by Crippen LogP contribution is 2.42. The molecule has 262 valence electrons. The van der Waals surface area contributed by atoms with Gasteiger partial charge < -0.3 is 8.98 Å². The molecule has 0 spiro atoms. The van der Waals surface area contributed by atoms with Crippen LogP contribution in [0, 0.1) is 0 Å². The zero-order valence-electron chi connectivity index (χ0n) is 35.7. The van der Waals surface area contributed by atoms with Crippen LogP contribution in [0.2, 0.25) is 0 Å². The predicted molar refractivity (Wildman–Crippen MR) is 229 cm³/mol. The average molecular weight is 723 g/mol. The summed E-state index contributed by atoms with van der Waals surface area (Å²) in [5.74, 6) is 1.39. The number of furan rings is 1. The second-order valence-electron chi connectivity index (χ2n) is 13.5. The quantitative estimate of drug-likeness (QED) is 0.171. The molecule has 11 rings (SSSR count). The molecule has 0 aliphatic carbocycles. The summed E-state index contributed by atoms with van der Waals surface area (Å²) < 4.78 is 61.9. The fourth-order valence-corrected chi connectivity index (χ4v) is 7.59. The van der Waals surface area contributed by atoms with Crippen molar-refractivity contribution >= 4 is 43.7 Å². The van der Waals surface area contributed by atoms with Crippen LogP contribution in [0.5, 0.6) is 0 Å². The normalized spacial score (nSPS) is 13.1. The van der Waals surface area contributed by atoms with Gasteiger partial charge in [-0.05, 0) is 47.5 Å². The third kappa shape index (κ3) is 5.29. The van der Waals surface area contributed by atoms with Crippen LogP contribution in [0.1, 0.15) is 8.22 Å². The summed E-state index contributed by atoms with van der Waals surface area (Å²) in [6, 6.07) is 49.4. The van der Waals surface area contributed by atoms with Crippen molar-refractivity contribution in [1.82, 2.24) is 19.5 Å². The summed E-state index contributed by atoms with van der Waals surface area (Å²) in [6.45, 7) is 0. The molecule has 5 heteroatoms. The third-order valence-corrected chi connectivity index (χ3v) is 10.2. The van der Waals surface area contributed by atoms with E-state index in [0.717, 1.165) is 33.0 Å². The van der Waals surface area contributed by atoms with Crippen LogP contribution >= 0.6 is 0 Å². The first-order chi connectivity index (χ1) is 30.2. The minimum absolute atomic E-state index is 0.0487. The smallest absolute Gasteiger partial charge is 0.164 e. The molecular weight excluding hydrogens is 685 g/mol. The molecule has 5 nitrogen and oxygen atoms in total. The van der Waals surface area contributed by atoms with Gasteiger partial charge >= 0.3 is 0 Å². The Morgan fingerprint density at radius 3 is 1.64 bits per heavy atom. The third-order valence-electron chi connectivity index (χ3n) is 10.2. The summed E-state index contributed by atoms with van der Waals surface area (Å²) >= 11 is 0. The monoisotopic (exact) mass is 722 g/mol. The number of benzene rings is 8. The van der Waals surface area contributed by atoms with Gasteiger partial charge in [0.15, 0.2) is 17.5 Å². The van der Waals surface area contributed by atoms with Crippen LogP contribution in [-0.2, 0) is 0 Å². The standard InChI is InChI=1S/C51H32N4O/c1-3-14-33(15-4-1)34-26-28-36(29-27-34)50-52-49(35-16-5-2-6-17-35)53-51(54-50)37-30-31-46(55-44-23-10-7-18-38(44)39-19-8-11-24-45(39)55)43(32-37)42-22-13-21-41-40-20-9-12-25-47(40)56-48(41)42/h1-32H/i7D,8D,18D,19D,23D,24D. The van der Waals surface area contributed by atoms with Gasteiger partial charge in [0.2, 0.25) is 0 Å². The molecule has 0 N–H and O–H groups in total. The summed E-state index contributed by atoms with van der Waals surface area (Å²) in [6.07, 6.45) is 0. The lowest BCUT2D eigenvalue weighted by Gasteiger charge is -2.16. The largest absolute Gasteiger partial charge is 0.455 e. The fourth-order valence-electron chi connectivity index (χ4n) is 7.59. The number of aromatic nitrogens is 4. The molecule has 3 heterocycles. The number of fused-ring (bicyclic) bond motifs is 6. The highest BCUT2D eigenvalue weighted by atomic mass is 16.3. The zero-order chi connectivity index (χ0) is 42.2. The van der Waals surface area contributed by atoms with Gasteiger partial charge in [-0.2, -0.15) is 0 Å². The molecule has 0 fully saturated rings. The van der Waals surface area contributed by atoms with E-state index in [9.17, 15) is 2.74 Å². The Balaban J connectivity index is 1.20. The highest BCUT2D eigenvalue weighted by molar-refractivity contribution is 6.12. The molecule has 3 aromatic heterocycles. The van der Waals surface area contributed by atoms with Gasteiger partial charge in [-0.15, -0.1) is 0 Å². The van der Waals surface area contributed by atoms with Crippen LogP contribution in [0.15, 0.2) is 198 Å². The summed E-state index contributed by atoms with van der Waals surface area (Å²) in [5.41, 5.74) is 8.18. The summed E-state index contributed by atoms with van der Waals surface area (Å²) in [5, 5.41) is 2.19. The Morgan fingerprint density at radius 2 is 0.946 bits per heavy atom. The number of rotatable bonds is 6. The first-order valence-corrected chi connectivity index (χ1v) is 18.3. The van der Waals surface area contributed by atoms with Crippen LogP contribution in [-0.4, -0.2) is 19.5 Å². The number of nitrogens with zero attached hydrogens (tertiary/aromatic N) is 4. The molecular formula is C51H32N4O. The molecule has 8 aromatic carbocycles. The van der Waals surface area contributed by atoms with Crippen LogP contribution in [0.4, 0.5) is 0 Å². The van der Waals surface area contributed by atoms with E-state index in [2.05, 4.69) is 24.3 Å². The van der Waals surface area contributed by atoms with E-state index >= 15 is 0 Å². The molecule has 0 unspecified atom stereocenters. The summed E-state index contributed by atoms with van der Waals surface area (Å²) in [7, 11) is 0. The molecule has 0 amide bonds. The number of hydrogen-bond donors (Lipinski definition) is 0. The molecule has 0 aliphatic heterocycles. The lowest BCUT2D eigenvalue weighted by atomic mass is 9.97. The maximum Gasteiger partial charge on any atom is 0.164 e. The highest BCUT2D eigenvalue weighted by Gasteiger charge is 2.21. The van der Waals surface area contributed by atoms with Crippen molar-refractivity contribution in [1.29, 1.82) is 0 Å². The zero-order valence-corrected chi connectivity index (χ0v) is 29.7. The maximum absolute atomic E-state index is 9.21. The topological polar surface area (TPSA) is 56.7 Å². The molecule has 56 heavy (non-hydrogen) atoms. The number of para-hydroxylation sites is 4. The summed E-state index contributed by atoms with van der Waals surface area (Å²) in [4.78, 5) is 15.1. The Kier molecular flexibility index (Phi) is 6.10. The van der Waals surface area contributed by atoms with Gasteiger partial charge in [-0.25, -0.2) is 15.0 Å². The average Bonchev–Trinajstić information content (AvgIpc) is 3.88. The van der Waals surface area contributed by atoms with Gasteiger partial charge in [-0.3, -0.25) is 0 Å². The maximum atomic E-state index is 9.21. The van der Waals surface area contributed by atoms with E-state index in [1.54, 1.807) is 4.57 Å². The molecule has 0 saturated heterocycles. The van der Waals surface area contributed by atoms with Crippen molar-refractivity contribution in [2.75, 3.05) is 0 Å². The Bertz CT molecular complexity index is 3520. The van der Waals surface area contributed by atoms with Crippen LogP contribution in [0.25, 0.3) is 106 Å². The molecule has 0 aliphatic rings. The minimum Gasteiger partial charge on any atom is -0.455 e. The first-order valence-electron chi connectivity index (χ1n) is 21.3. The Morgan fingerprint density at radius 1 is 0.411 bits per heavy atom. The van der Waals surface area contributed by atoms with Gasteiger partial charge in [0.05, 0.1) is 24.9 Å². The van der Waals surface area contributed by atoms with Gasteiger partial charge in [0, 0.05) is 49.4 Å². The van der Waals surface area contributed by atoms with E-state index in [-0.39, 0.29) is 58.1 Å². The first kappa shape index (κ1) is 26.2. The lowest BCUT2D eigenvalue weighted by molar-refractivity contribution is 0.670. The molecule has 0 radical (unpaired) electrons. The predicted octanol–water partition coefficient (Wildman–Crippen LogP) is 13.2.